The van der Waals surface area contributed by atoms with Crippen molar-refractivity contribution in [2.45, 2.75) is 13.0 Å². The lowest BCUT2D eigenvalue weighted by Crippen LogP contribution is -2.27. The van der Waals surface area contributed by atoms with Gasteiger partial charge in [0.1, 0.15) is 16.8 Å². The Morgan fingerprint density at radius 1 is 1.29 bits per heavy atom. The summed E-state index contributed by atoms with van der Waals surface area (Å²) in [4.78, 5) is 15.8. The Morgan fingerprint density at radius 2 is 2.00 bits per heavy atom. The molecular formula is C14H10Cl2F2N2O. The minimum atomic E-state index is -0.720. The van der Waals surface area contributed by atoms with Gasteiger partial charge >= 0.3 is 0 Å². The zero-order chi connectivity index (χ0) is 15.6. The Hall–Kier alpha value is -1.72. The summed E-state index contributed by atoms with van der Waals surface area (Å²) in [5.74, 6) is -1.70. The summed E-state index contributed by atoms with van der Waals surface area (Å²) in [5, 5.41) is 2.75. The highest BCUT2D eigenvalue weighted by atomic mass is 35.5. The number of carbonyl (C=O) groups excluding carboxylic acids is 1. The van der Waals surface area contributed by atoms with Gasteiger partial charge < -0.3 is 5.32 Å². The highest BCUT2D eigenvalue weighted by molar-refractivity contribution is 6.41. The van der Waals surface area contributed by atoms with Crippen LogP contribution in [0.25, 0.3) is 0 Å². The molecule has 0 saturated heterocycles. The number of amides is 1. The maximum Gasteiger partial charge on any atom is 0.253 e. The molecule has 1 amide bonds. The molecule has 1 atom stereocenters. The molecule has 2 rings (SSSR count). The number of nitrogens with one attached hydrogen (secondary N) is 1. The Labute approximate surface area is 129 Å². The largest absolute Gasteiger partial charge is 0.345 e. The van der Waals surface area contributed by atoms with Crippen molar-refractivity contribution in [3.8, 4) is 0 Å². The molecule has 2 aromatic rings. The predicted octanol–water partition coefficient (Wildman–Crippen LogP) is 4.16. The fraction of sp³-hybridized carbons (Fsp3) is 0.143. The molecule has 1 aromatic carbocycles. The summed E-state index contributed by atoms with van der Waals surface area (Å²) in [6, 6.07) is 3.68. The Balaban J connectivity index is 2.18. The minimum absolute atomic E-state index is 0.0522. The van der Waals surface area contributed by atoms with E-state index < -0.39 is 23.6 Å². The van der Waals surface area contributed by atoms with Gasteiger partial charge in [0.15, 0.2) is 0 Å². The van der Waals surface area contributed by atoms with Crippen LogP contribution in [0.1, 0.15) is 28.9 Å². The first kappa shape index (κ1) is 15.7. The number of hydrogen-bond acceptors (Lipinski definition) is 2. The number of benzene rings is 1. The average molecular weight is 331 g/mol. The van der Waals surface area contributed by atoms with E-state index in [0.29, 0.717) is 0 Å². The molecule has 1 aromatic heterocycles. The van der Waals surface area contributed by atoms with Crippen molar-refractivity contribution in [2.75, 3.05) is 0 Å². The van der Waals surface area contributed by atoms with E-state index in [1.165, 1.54) is 12.3 Å². The van der Waals surface area contributed by atoms with Crippen LogP contribution in [0.3, 0.4) is 0 Å². The monoisotopic (exact) mass is 330 g/mol. The third-order valence-electron chi connectivity index (χ3n) is 2.83. The van der Waals surface area contributed by atoms with E-state index in [1.807, 2.05) is 0 Å². The van der Waals surface area contributed by atoms with Crippen LogP contribution in [-0.2, 0) is 0 Å². The zero-order valence-electron chi connectivity index (χ0n) is 10.8. The zero-order valence-corrected chi connectivity index (χ0v) is 12.3. The highest BCUT2D eigenvalue weighted by Crippen LogP contribution is 2.21. The van der Waals surface area contributed by atoms with Gasteiger partial charge in [-0.3, -0.25) is 4.79 Å². The second kappa shape index (κ2) is 6.37. The van der Waals surface area contributed by atoms with Crippen LogP contribution in [0.2, 0.25) is 10.2 Å². The van der Waals surface area contributed by atoms with Crippen molar-refractivity contribution in [1.29, 1.82) is 0 Å². The van der Waals surface area contributed by atoms with Gasteiger partial charge in [0.25, 0.3) is 5.91 Å². The van der Waals surface area contributed by atoms with Crippen molar-refractivity contribution >= 4 is 29.1 Å². The minimum Gasteiger partial charge on any atom is -0.345 e. The molecule has 0 fully saturated rings. The van der Waals surface area contributed by atoms with Crippen LogP contribution >= 0.6 is 23.2 Å². The summed E-state index contributed by atoms with van der Waals surface area (Å²) in [5.41, 5.74) is 0.226. The first-order chi connectivity index (χ1) is 9.88. The molecule has 0 bridgehead atoms. The van der Waals surface area contributed by atoms with E-state index in [1.54, 1.807) is 6.92 Å². The fourth-order valence-electron chi connectivity index (χ4n) is 1.75. The Morgan fingerprint density at radius 3 is 2.67 bits per heavy atom. The molecule has 3 nitrogen and oxygen atoms in total. The van der Waals surface area contributed by atoms with Crippen LogP contribution < -0.4 is 5.32 Å². The lowest BCUT2D eigenvalue weighted by Gasteiger charge is -2.15. The fourth-order valence-corrected chi connectivity index (χ4v) is 2.02. The molecular weight excluding hydrogens is 321 g/mol. The first-order valence-electron chi connectivity index (χ1n) is 5.95. The van der Waals surface area contributed by atoms with Crippen molar-refractivity contribution in [1.82, 2.24) is 10.3 Å². The Bertz CT molecular complexity index is 695. The Kier molecular flexibility index (Phi) is 4.75. The van der Waals surface area contributed by atoms with Crippen molar-refractivity contribution < 1.29 is 13.6 Å². The molecule has 1 N–H and O–H groups in total. The number of halogens is 4. The molecule has 1 heterocycles. The maximum atomic E-state index is 13.6. The van der Waals surface area contributed by atoms with Gasteiger partial charge in [-0.05, 0) is 31.2 Å². The standard InChI is InChI=1S/C14H10Cl2F2N2O/c1-7(10-5-9(17)2-3-12(10)18)20-14(21)8-4-11(15)13(16)19-6-8/h2-7H,1H3,(H,20,21). The van der Waals surface area contributed by atoms with Crippen LogP contribution in [0.15, 0.2) is 30.5 Å². The van der Waals surface area contributed by atoms with E-state index in [-0.39, 0.29) is 21.3 Å². The molecule has 0 aliphatic carbocycles. The third-order valence-corrected chi connectivity index (χ3v) is 3.52. The van der Waals surface area contributed by atoms with Crippen molar-refractivity contribution in [3.63, 3.8) is 0 Å². The van der Waals surface area contributed by atoms with E-state index >= 15 is 0 Å². The number of aromatic nitrogens is 1. The van der Waals surface area contributed by atoms with Crippen LogP contribution in [0.4, 0.5) is 8.78 Å². The van der Waals surface area contributed by atoms with E-state index in [0.717, 1.165) is 18.2 Å². The third kappa shape index (κ3) is 3.68. The molecule has 0 saturated carbocycles. The smallest absolute Gasteiger partial charge is 0.253 e. The molecule has 1 unspecified atom stereocenters. The lowest BCUT2D eigenvalue weighted by molar-refractivity contribution is 0.0939. The van der Waals surface area contributed by atoms with Gasteiger partial charge in [-0.2, -0.15) is 0 Å². The second-order valence-electron chi connectivity index (χ2n) is 4.36. The van der Waals surface area contributed by atoms with E-state index in [2.05, 4.69) is 10.3 Å². The van der Waals surface area contributed by atoms with Gasteiger partial charge in [-0.1, -0.05) is 23.2 Å². The van der Waals surface area contributed by atoms with Crippen LogP contribution in [-0.4, -0.2) is 10.9 Å². The molecule has 110 valence electrons. The topological polar surface area (TPSA) is 42.0 Å². The average Bonchev–Trinajstić information content (AvgIpc) is 2.44. The number of nitrogens with zero attached hydrogens (tertiary/aromatic N) is 1. The number of rotatable bonds is 3. The SMILES string of the molecule is CC(NC(=O)c1cnc(Cl)c(Cl)c1)c1cc(F)ccc1F. The molecule has 7 heteroatoms. The van der Waals surface area contributed by atoms with E-state index in [4.69, 9.17) is 23.2 Å². The highest BCUT2D eigenvalue weighted by Gasteiger charge is 2.16. The van der Waals surface area contributed by atoms with Gasteiger partial charge in [-0.15, -0.1) is 0 Å². The van der Waals surface area contributed by atoms with Crippen molar-refractivity contribution in [3.05, 3.63) is 63.4 Å². The number of carbonyl (C=O) groups is 1. The van der Waals surface area contributed by atoms with Gasteiger partial charge in [0.2, 0.25) is 0 Å². The quantitative estimate of drug-likeness (QED) is 0.858. The predicted molar refractivity (Wildman–Crippen MR) is 76.5 cm³/mol. The van der Waals surface area contributed by atoms with E-state index in [9.17, 15) is 13.6 Å². The first-order valence-corrected chi connectivity index (χ1v) is 6.71. The molecule has 0 radical (unpaired) electrons. The molecule has 0 spiro atoms. The molecule has 0 aliphatic rings. The van der Waals surface area contributed by atoms with Gasteiger partial charge in [0, 0.05) is 11.8 Å². The number of pyridine rings is 1. The maximum absolute atomic E-state index is 13.6. The lowest BCUT2D eigenvalue weighted by atomic mass is 10.1. The van der Waals surface area contributed by atoms with Crippen molar-refractivity contribution in [2.24, 2.45) is 0 Å². The van der Waals surface area contributed by atoms with Gasteiger partial charge in [-0.25, -0.2) is 13.8 Å². The van der Waals surface area contributed by atoms with Crippen LogP contribution in [0.5, 0.6) is 0 Å². The molecule has 0 aliphatic heterocycles. The number of hydrogen-bond donors (Lipinski definition) is 1. The van der Waals surface area contributed by atoms with Gasteiger partial charge in [0.05, 0.1) is 16.6 Å². The summed E-state index contributed by atoms with van der Waals surface area (Å²) in [7, 11) is 0. The summed E-state index contributed by atoms with van der Waals surface area (Å²) in [6.45, 7) is 1.54. The molecule has 21 heavy (non-hydrogen) atoms. The summed E-state index contributed by atoms with van der Waals surface area (Å²) in [6.07, 6.45) is 1.25. The summed E-state index contributed by atoms with van der Waals surface area (Å²) < 4.78 is 26.8. The van der Waals surface area contributed by atoms with Crippen LogP contribution in [0, 0.1) is 11.6 Å². The normalized spacial score (nSPS) is 12.0. The second-order valence-corrected chi connectivity index (χ2v) is 5.12. The summed E-state index contributed by atoms with van der Waals surface area (Å²) >= 11 is 11.4.